The van der Waals surface area contributed by atoms with Crippen molar-refractivity contribution in [2.24, 2.45) is 10.8 Å². The van der Waals surface area contributed by atoms with Gasteiger partial charge in [-0.05, 0) is 145 Å². The largest absolute Gasteiger partial charge is 0.444 e. The first-order valence-electron chi connectivity index (χ1n) is 24.0. The van der Waals surface area contributed by atoms with Crippen LogP contribution in [0.3, 0.4) is 0 Å². The van der Waals surface area contributed by atoms with Gasteiger partial charge in [-0.1, -0.05) is 161 Å². The Morgan fingerprint density at radius 1 is 0.516 bits per heavy atom. The molecule has 4 heteroatoms. The Hall–Kier alpha value is -3.92. The molecule has 0 saturated carbocycles. The third-order valence-electron chi connectivity index (χ3n) is 16.4. The van der Waals surface area contributed by atoms with E-state index in [9.17, 15) is 0 Å². The normalized spacial score (nSPS) is 21.6. The van der Waals surface area contributed by atoms with Crippen LogP contribution in [0.4, 0.5) is 28.6 Å². The zero-order chi connectivity index (χ0) is 45.3. The molecule has 0 bridgehead atoms. The molecule has 328 valence electrons. The van der Waals surface area contributed by atoms with Crippen LogP contribution in [0.1, 0.15) is 197 Å². The third-order valence-corrected chi connectivity index (χ3v) is 16.4. The summed E-state index contributed by atoms with van der Waals surface area (Å²) in [5.41, 5.74) is 19.2. The van der Waals surface area contributed by atoms with Crippen molar-refractivity contribution in [2.45, 2.75) is 196 Å². The number of hydrogen-bond acceptors (Lipinski definition) is 3. The zero-order valence-corrected chi connectivity index (χ0v) is 42.2. The minimum atomic E-state index is -0.105. The maximum atomic E-state index is 7.69. The first-order chi connectivity index (χ1) is 28.4. The van der Waals surface area contributed by atoms with Gasteiger partial charge in [-0.3, -0.25) is 4.90 Å². The van der Waals surface area contributed by atoms with E-state index in [2.05, 4.69) is 202 Å². The summed E-state index contributed by atoms with van der Waals surface area (Å²) in [5.74, 6) is 2.21. The Balaban J connectivity index is 1.45. The Labute approximate surface area is 376 Å². The fourth-order valence-corrected chi connectivity index (χ4v) is 11.9. The quantitative estimate of drug-likeness (QED) is 0.165. The van der Waals surface area contributed by atoms with Crippen LogP contribution < -0.4 is 26.2 Å². The van der Waals surface area contributed by atoms with Crippen molar-refractivity contribution in [3.05, 3.63) is 106 Å². The molecule has 1 aromatic heterocycles. The molecule has 3 aliphatic carbocycles. The summed E-state index contributed by atoms with van der Waals surface area (Å²) in [6, 6.07) is 20.1. The third kappa shape index (κ3) is 6.48. The summed E-state index contributed by atoms with van der Waals surface area (Å²) in [5, 5.41) is 0. The van der Waals surface area contributed by atoms with Gasteiger partial charge >= 0.3 is 0 Å². The summed E-state index contributed by atoms with van der Waals surface area (Å²) in [6.45, 7) is 46.0. The Kier molecular flexibility index (Phi) is 9.16. The smallest absolute Gasteiger partial charge is 0.256 e. The van der Waals surface area contributed by atoms with Crippen molar-refractivity contribution >= 4 is 51.7 Å². The number of hydrogen-bond donors (Lipinski definition) is 0. The number of fused-ring (bicyclic) bond motifs is 7. The summed E-state index contributed by atoms with van der Waals surface area (Å²) in [4.78, 5) is 5.31. The van der Waals surface area contributed by atoms with E-state index in [1.165, 1.54) is 96.8 Å². The number of anilines is 5. The highest BCUT2D eigenvalue weighted by Crippen LogP contribution is 2.56. The number of nitrogens with zero attached hydrogens (tertiary/aromatic N) is 2. The van der Waals surface area contributed by atoms with Gasteiger partial charge in [-0.15, -0.1) is 0 Å². The van der Waals surface area contributed by atoms with E-state index in [1.807, 2.05) is 0 Å². The minimum absolute atomic E-state index is 0.00970. The van der Waals surface area contributed by atoms with Crippen molar-refractivity contribution in [3.8, 4) is 0 Å². The first kappa shape index (κ1) is 43.3. The van der Waals surface area contributed by atoms with Gasteiger partial charge in [-0.2, -0.15) is 0 Å². The summed E-state index contributed by atoms with van der Waals surface area (Å²) in [7, 11) is 0. The van der Waals surface area contributed by atoms with Crippen LogP contribution >= 0.6 is 0 Å². The molecule has 0 N–H and O–H groups in total. The van der Waals surface area contributed by atoms with Crippen molar-refractivity contribution < 1.29 is 4.42 Å². The van der Waals surface area contributed by atoms with Gasteiger partial charge in [0.2, 0.25) is 0 Å². The lowest BCUT2D eigenvalue weighted by Crippen LogP contribution is -2.63. The highest BCUT2D eigenvalue weighted by molar-refractivity contribution is 7.00. The average Bonchev–Trinajstić information content (AvgIpc) is 3.57. The van der Waals surface area contributed by atoms with Crippen LogP contribution in [0.15, 0.2) is 76.4 Å². The van der Waals surface area contributed by atoms with Gasteiger partial charge < -0.3 is 9.32 Å². The fourth-order valence-electron chi connectivity index (χ4n) is 11.9. The highest BCUT2D eigenvalue weighted by Gasteiger charge is 2.54. The molecule has 5 aliphatic rings. The molecule has 0 unspecified atom stereocenters. The van der Waals surface area contributed by atoms with Gasteiger partial charge in [0.15, 0.2) is 5.88 Å². The van der Waals surface area contributed by atoms with Crippen molar-refractivity contribution in [1.29, 1.82) is 0 Å². The van der Waals surface area contributed by atoms with Gasteiger partial charge in [0.25, 0.3) is 6.71 Å². The number of benzene rings is 3. The van der Waals surface area contributed by atoms with Crippen LogP contribution in [0, 0.1) is 10.8 Å². The minimum Gasteiger partial charge on any atom is -0.444 e. The number of rotatable bonds is 2. The van der Waals surface area contributed by atoms with Crippen molar-refractivity contribution in [1.82, 2.24) is 0 Å². The molecule has 62 heavy (non-hydrogen) atoms. The average molecular weight is 829 g/mol. The van der Waals surface area contributed by atoms with Gasteiger partial charge in [-0.25, -0.2) is 0 Å². The van der Waals surface area contributed by atoms with Crippen molar-refractivity contribution in [3.63, 3.8) is 0 Å². The molecular weight excluding hydrogens is 751 g/mol. The monoisotopic (exact) mass is 829 g/mol. The second-order valence-corrected chi connectivity index (χ2v) is 26.7. The van der Waals surface area contributed by atoms with E-state index in [4.69, 9.17) is 4.42 Å². The molecular formula is C58H77BN2O. The van der Waals surface area contributed by atoms with Gasteiger partial charge in [0.05, 0.1) is 0 Å². The molecule has 4 aromatic rings. The number of allylic oxidation sites excluding steroid dienone is 4. The van der Waals surface area contributed by atoms with E-state index in [0.29, 0.717) is 0 Å². The molecule has 0 atom stereocenters. The lowest BCUT2D eigenvalue weighted by atomic mass is 9.32. The van der Waals surface area contributed by atoms with E-state index in [1.54, 1.807) is 0 Å². The molecule has 3 heterocycles. The van der Waals surface area contributed by atoms with Gasteiger partial charge in [0.1, 0.15) is 5.76 Å². The molecule has 3 aromatic carbocycles. The molecule has 0 saturated heterocycles. The van der Waals surface area contributed by atoms with Crippen LogP contribution in [0.25, 0.3) is 0 Å². The molecule has 0 radical (unpaired) electrons. The summed E-state index contributed by atoms with van der Waals surface area (Å²) in [6.07, 6.45) is 10.6. The Morgan fingerprint density at radius 2 is 1.10 bits per heavy atom. The lowest BCUT2D eigenvalue weighted by molar-refractivity contribution is 0.280. The molecule has 3 nitrogen and oxygen atoms in total. The van der Waals surface area contributed by atoms with Gasteiger partial charge in [0, 0.05) is 39.3 Å². The van der Waals surface area contributed by atoms with E-state index in [-0.39, 0.29) is 50.0 Å². The Bertz CT molecular complexity index is 2600. The van der Waals surface area contributed by atoms with Crippen molar-refractivity contribution in [2.75, 3.05) is 9.80 Å². The maximum Gasteiger partial charge on any atom is 0.256 e. The molecule has 0 amide bonds. The second-order valence-electron chi connectivity index (χ2n) is 26.7. The Morgan fingerprint density at radius 3 is 1.69 bits per heavy atom. The first-order valence-corrected chi connectivity index (χ1v) is 24.0. The van der Waals surface area contributed by atoms with Crippen LogP contribution in [-0.4, -0.2) is 6.71 Å². The second kappa shape index (κ2) is 13.1. The molecule has 2 aliphatic heterocycles. The number of furan rings is 1. The van der Waals surface area contributed by atoms with Crippen LogP contribution in [0.5, 0.6) is 0 Å². The zero-order valence-electron chi connectivity index (χ0n) is 42.2. The summed E-state index contributed by atoms with van der Waals surface area (Å²) < 4.78 is 7.69. The fraction of sp³-hybridized carbons (Fsp3) is 0.552. The lowest BCUT2D eigenvalue weighted by Gasteiger charge is -2.49. The standard InChI is InChI=1S/C58H77BN2O/c1-51(2,3)35-20-24-42-41(30-35)59-47-43(31-37(53(7,8)9)32-44(47)61(42)45-25-21-36(52(4,5)6)34-58(45,18)19)60(38-22-23-39-40(33-38)55(12,13)27-26-54(39,10)11)50-48(59)46-49(62-50)57(16,17)29-28-56(46,14)15/h20-25,30-33H,26-29,34H2,1-19H3. The maximum absolute atomic E-state index is 7.69. The SMILES string of the molecule is CC(C)(C)C1=CC=C(N2c3ccc(C(C)(C)C)cc3B3c4c2cc(C(C)(C)C)cc4N(c2ccc4c(c2)C(C)(C)CCC4(C)C)c2oc4c(c23)C(C)(C)CCC4(C)C)C(C)(C)C1. The van der Waals surface area contributed by atoms with E-state index < -0.39 is 0 Å². The topological polar surface area (TPSA) is 19.6 Å². The van der Waals surface area contributed by atoms with E-state index in [0.717, 1.165) is 25.1 Å². The predicted octanol–water partition coefficient (Wildman–Crippen LogP) is 14.6. The van der Waals surface area contributed by atoms with Crippen LogP contribution in [-0.2, 0) is 32.5 Å². The highest BCUT2D eigenvalue weighted by atomic mass is 16.4. The van der Waals surface area contributed by atoms with E-state index >= 15 is 0 Å². The molecule has 9 rings (SSSR count). The summed E-state index contributed by atoms with van der Waals surface area (Å²) >= 11 is 0. The van der Waals surface area contributed by atoms with Crippen LogP contribution in [0.2, 0.25) is 0 Å². The predicted molar refractivity (Wildman–Crippen MR) is 269 cm³/mol. The molecule has 0 fully saturated rings. The molecule has 0 spiro atoms.